The van der Waals surface area contributed by atoms with Crippen LogP contribution in [-0.2, 0) is 6.42 Å². The first-order valence-electron chi connectivity index (χ1n) is 7.23. The SMILES string of the molecule is CC1SCCN(CCc2nc3ccc(N)cc3[nH]2)C1C. The van der Waals surface area contributed by atoms with E-state index in [4.69, 9.17) is 5.73 Å². The van der Waals surface area contributed by atoms with Crippen molar-refractivity contribution in [3.05, 3.63) is 24.0 Å². The van der Waals surface area contributed by atoms with Crippen LogP contribution in [0.2, 0.25) is 0 Å². The van der Waals surface area contributed by atoms with Crippen LogP contribution in [0, 0.1) is 0 Å². The number of benzene rings is 1. The lowest BCUT2D eigenvalue weighted by Crippen LogP contribution is -2.45. The predicted molar refractivity (Wildman–Crippen MR) is 87.2 cm³/mol. The second-order valence-corrected chi connectivity index (χ2v) is 7.05. The van der Waals surface area contributed by atoms with Crippen molar-refractivity contribution < 1.29 is 0 Å². The molecule has 0 radical (unpaired) electrons. The molecule has 1 aromatic carbocycles. The number of thioether (sulfide) groups is 1. The number of hydrogen-bond acceptors (Lipinski definition) is 4. The standard InChI is InChI=1S/C15H22N4S/c1-10-11(2)20-8-7-19(10)6-5-15-17-13-4-3-12(16)9-14(13)18-15/h3-4,9-11H,5-8,16H2,1-2H3,(H,17,18). The molecule has 3 N–H and O–H groups in total. The van der Waals surface area contributed by atoms with Crippen LogP contribution in [0.3, 0.4) is 0 Å². The van der Waals surface area contributed by atoms with E-state index in [0.717, 1.165) is 40.8 Å². The summed E-state index contributed by atoms with van der Waals surface area (Å²) in [6.45, 7) is 6.91. The Bertz CT molecular complexity index is 595. The van der Waals surface area contributed by atoms with Crippen LogP contribution in [-0.4, -0.2) is 45.0 Å². The molecule has 2 unspecified atom stereocenters. The van der Waals surface area contributed by atoms with Gasteiger partial charge >= 0.3 is 0 Å². The number of aromatic amines is 1. The van der Waals surface area contributed by atoms with Crippen molar-refractivity contribution in [2.24, 2.45) is 0 Å². The van der Waals surface area contributed by atoms with Gasteiger partial charge in [0, 0.05) is 42.2 Å². The van der Waals surface area contributed by atoms with Gasteiger partial charge in [0.15, 0.2) is 0 Å². The number of H-pyrrole nitrogens is 1. The minimum Gasteiger partial charge on any atom is -0.399 e. The lowest BCUT2D eigenvalue weighted by atomic mass is 10.2. The number of aromatic nitrogens is 2. The lowest BCUT2D eigenvalue weighted by Gasteiger charge is -2.37. The summed E-state index contributed by atoms with van der Waals surface area (Å²) in [5.74, 6) is 2.30. The van der Waals surface area contributed by atoms with E-state index >= 15 is 0 Å². The van der Waals surface area contributed by atoms with Gasteiger partial charge in [-0.3, -0.25) is 4.90 Å². The van der Waals surface area contributed by atoms with Gasteiger partial charge in [-0.15, -0.1) is 0 Å². The third-order valence-corrected chi connectivity index (χ3v) is 5.54. The topological polar surface area (TPSA) is 57.9 Å². The van der Waals surface area contributed by atoms with Gasteiger partial charge in [-0.2, -0.15) is 11.8 Å². The number of nitrogen functional groups attached to an aromatic ring is 1. The number of fused-ring (bicyclic) bond motifs is 1. The second-order valence-electron chi connectivity index (χ2n) is 5.56. The van der Waals surface area contributed by atoms with Gasteiger partial charge in [0.1, 0.15) is 5.82 Å². The normalized spacial score (nSPS) is 24.3. The van der Waals surface area contributed by atoms with E-state index in [2.05, 4.69) is 40.5 Å². The molecule has 1 aliphatic rings. The molecule has 4 nitrogen and oxygen atoms in total. The van der Waals surface area contributed by atoms with Gasteiger partial charge in [0.2, 0.25) is 0 Å². The molecular formula is C15H22N4S. The first-order valence-corrected chi connectivity index (χ1v) is 8.28. The molecule has 5 heteroatoms. The first-order chi connectivity index (χ1) is 9.63. The summed E-state index contributed by atoms with van der Waals surface area (Å²) in [6, 6.07) is 6.48. The van der Waals surface area contributed by atoms with Crippen LogP contribution in [0.1, 0.15) is 19.7 Å². The number of anilines is 1. The van der Waals surface area contributed by atoms with Gasteiger partial charge < -0.3 is 10.7 Å². The van der Waals surface area contributed by atoms with Gasteiger partial charge in [0.05, 0.1) is 11.0 Å². The average Bonchev–Trinajstić information content (AvgIpc) is 2.82. The van der Waals surface area contributed by atoms with Crippen LogP contribution in [0.15, 0.2) is 18.2 Å². The molecule has 2 heterocycles. The summed E-state index contributed by atoms with van der Waals surface area (Å²) in [5, 5.41) is 0.722. The van der Waals surface area contributed by atoms with Crippen LogP contribution < -0.4 is 5.73 Å². The molecule has 0 saturated carbocycles. The highest BCUT2D eigenvalue weighted by Crippen LogP contribution is 2.24. The van der Waals surface area contributed by atoms with E-state index < -0.39 is 0 Å². The maximum atomic E-state index is 5.80. The largest absolute Gasteiger partial charge is 0.399 e. The van der Waals surface area contributed by atoms with Crippen molar-refractivity contribution in [2.45, 2.75) is 31.6 Å². The van der Waals surface area contributed by atoms with Crippen LogP contribution in [0.5, 0.6) is 0 Å². The minimum atomic E-state index is 0.647. The highest BCUT2D eigenvalue weighted by Gasteiger charge is 2.24. The molecule has 2 aromatic rings. The average molecular weight is 290 g/mol. The van der Waals surface area contributed by atoms with Crippen LogP contribution in [0.25, 0.3) is 11.0 Å². The molecule has 0 aliphatic carbocycles. The zero-order chi connectivity index (χ0) is 14.1. The fraction of sp³-hybridized carbons (Fsp3) is 0.533. The molecule has 0 amide bonds. The van der Waals surface area contributed by atoms with E-state index in [0.29, 0.717) is 6.04 Å². The van der Waals surface area contributed by atoms with Gasteiger partial charge in [0.25, 0.3) is 0 Å². The summed E-state index contributed by atoms with van der Waals surface area (Å²) < 4.78 is 0. The summed E-state index contributed by atoms with van der Waals surface area (Å²) >= 11 is 2.08. The molecule has 2 atom stereocenters. The molecule has 1 aliphatic heterocycles. The predicted octanol–water partition coefficient (Wildman–Crippen LogP) is 2.51. The Morgan fingerprint density at radius 1 is 1.45 bits per heavy atom. The number of nitrogens with one attached hydrogen (secondary N) is 1. The van der Waals surface area contributed by atoms with Crippen molar-refractivity contribution in [2.75, 3.05) is 24.6 Å². The number of imidazole rings is 1. The summed E-state index contributed by atoms with van der Waals surface area (Å²) in [6.07, 6.45) is 0.969. The smallest absolute Gasteiger partial charge is 0.108 e. The molecular weight excluding hydrogens is 268 g/mol. The Kier molecular flexibility index (Phi) is 3.89. The van der Waals surface area contributed by atoms with E-state index in [9.17, 15) is 0 Å². The lowest BCUT2D eigenvalue weighted by molar-refractivity contribution is 0.214. The summed E-state index contributed by atoms with van der Waals surface area (Å²) in [4.78, 5) is 10.6. The zero-order valence-corrected chi connectivity index (χ0v) is 12.9. The fourth-order valence-electron chi connectivity index (χ4n) is 2.76. The monoisotopic (exact) mass is 290 g/mol. The van der Waals surface area contributed by atoms with E-state index in [-0.39, 0.29) is 0 Å². The number of nitrogens with two attached hydrogens (primary N) is 1. The zero-order valence-electron chi connectivity index (χ0n) is 12.1. The maximum absolute atomic E-state index is 5.80. The molecule has 20 heavy (non-hydrogen) atoms. The molecule has 108 valence electrons. The first kappa shape index (κ1) is 13.8. The molecule has 1 aromatic heterocycles. The highest BCUT2D eigenvalue weighted by molar-refractivity contribution is 8.00. The fourth-order valence-corrected chi connectivity index (χ4v) is 3.92. The Hall–Kier alpha value is -1.20. The number of hydrogen-bond donors (Lipinski definition) is 2. The van der Waals surface area contributed by atoms with Crippen molar-refractivity contribution in [1.29, 1.82) is 0 Å². The molecule has 0 spiro atoms. The van der Waals surface area contributed by atoms with Crippen LogP contribution >= 0.6 is 11.8 Å². The summed E-state index contributed by atoms with van der Waals surface area (Å²) in [7, 11) is 0. The van der Waals surface area contributed by atoms with E-state index in [1.54, 1.807) is 0 Å². The Balaban J connectivity index is 1.67. The molecule has 3 rings (SSSR count). The van der Waals surface area contributed by atoms with Crippen molar-refractivity contribution in [1.82, 2.24) is 14.9 Å². The van der Waals surface area contributed by atoms with E-state index in [1.165, 1.54) is 12.3 Å². The van der Waals surface area contributed by atoms with Crippen molar-refractivity contribution in [3.63, 3.8) is 0 Å². The molecule has 1 saturated heterocycles. The van der Waals surface area contributed by atoms with Gasteiger partial charge in [-0.05, 0) is 25.1 Å². The quantitative estimate of drug-likeness (QED) is 0.853. The van der Waals surface area contributed by atoms with Gasteiger partial charge in [-0.25, -0.2) is 4.98 Å². The molecule has 0 bridgehead atoms. The number of nitrogens with zero attached hydrogens (tertiary/aromatic N) is 2. The van der Waals surface area contributed by atoms with Crippen LogP contribution in [0.4, 0.5) is 5.69 Å². The van der Waals surface area contributed by atoms with Crippen molar-refractivity contribution >= 4 is 28.5 Å². The number of rotatable bonds is 3. The highest BCUT2D eigenvalue weighted by atomic mass is 32.2. The third-order valence-electron chi connectivity index (χ3n) is 4.21. The van der Waals surface area contributed by atoms with Gasteiger partial charge in [-0.1, -0.05) is 6.92 Å². The Labute approximate surface area is 124 Å². The Morgan fingerprint density at radius 3 is 3.15 bits per heavy atom. The maximum Gasteiger partial charge on any atom is 0.108 e. The van der Waals surface area contributed by atoms with E-state index in [1.807, 2.05) is 18.2 Å². The van der Waals surface area contributed by atoms with Crippen molar-refractivity contribution in [3.8, 4) is 0 Å². The third kappa shape index (κ3) is 2.79. The Morgan fingerprint density at radius 2 is 2.30 bits per heavy atom. The second kappa shape index (κ2) is 5.66. The summed E-state index contributed by atoms with van der Waals surface area (Å²) in [5.41, 5.74) is 8.62. The molecule has 1 fully saturated rings. The minimum absolute atomic E-state index is 0.647.